The van der Waals surface area contributed by atoms with Gasteiger partial charge in [0.05, 0.1) is 38.1 Å². The zero-order valence-corrected chi connectivity index (χ0v) is 17.5. The molecule has 0 spiro atoms. The Balaban J connectivity index is 1.49. The Bertz CT molecular complexity index is 1300. The van der Waals surface area contributed by atoms with Crippen molar-refractivity contribution in [2.24, 2.45) is 0 Å². The van der Waals surface area contributed by atoms with Crippen LogP contribution in [0, 0.1) is 0 Å². The number of halogens is 3. The summed E-state index contributed by atoms with van der Waals surface area (Å²) in [6.07, 6.45) is 0.537. The summed E-state index contributed by atoms with van der Waals surface area (Å²) in [5.74, 6) is 0.305. The molecule has 4 aromatic rings. The normalized spacial score (nSPS) is 14.2. The molecule has 5 rings (SSSR count). The molecular formula is C23H19F3N4O3. The number of rotatable bonds is 6. The van der Waals surface area contributed by atoms with E-state index in [1.165, 1.54) is 18.2 Å². The van der Waals surface area contributed by atoms with E-state index in [0.717, 1.165) is 11.1 Å². The topological polar surface area (TPSA) is 70.4 Å². The number of hydrogen-bond donors (Lipinski definition) is 1. The molecule has 1 N–H and O–H groups in total. The molecule has 2 aromatic carbocycles. The van der Waals surface area contributed by atoms with E-state index in [2.05, 4.69) is 20.1 Å². The second-order valence-electron chi connectivity index (χ2n) is 7.56. The van der Waals surface area contributed by atoms with E-state index in [0.29, 0.717) is 41.2 Å². The van der Waals surface area contributed by atoms with Gasteiger partial charge in [0.1, 0.15) is 11.5 Å². The second-order valence-corrected chi connectivity index (χ2v) is 7.56. The molecular weight excluding hydrogens is 437 g/mol. The van der Waals surface area contributed by atoms with E-state index in [9.17, 15) is 13.2 Å². The molecule has 33 heavy (non-hydrogen) atoms. The lowest BCUT2D eigenvalue weighted by Gasteiger charge is -2.25. The predicted octanol–water partition coefficient (Wildman–Crippen LogP) is 5.32. The molecule has 170 valence electrons. The van der Waals surface area contributed by atoms with Crippen LogP contribution in [0.25, 0.3) is 22.0 Å². The predicted molar refractivity (Wildman–Crippen MR) is 116 cm³/mol. The number of aromatic nitrogens is 3. The van der Waals surface area contributed by atoms with Crippen LogP contribution in [-0.4, -0.2) is 41.5 Å². The third-order valence-corrected chi connectivity index (χ3v) is 5.30. The third kappa shape index (κ3) is 4.56. The van der Waals surface area contributed by atoms with Crippen LogP contribution < -0.4 is 14.8 Å². The molecule has 1 aliphatic rings. The summed E-state index contributed by atoms with van der Waals surface area (Å²) in [6, 6.07) is 11.6. The van der Waals surface area contributed by atoms with E-state index in [1.54, 1.807) is 31.6 Å². The minimum Gasteiger partial charge on any atom is -0.497 e. The number of methoxy groups -OCH3 is 1. The maximum absolute atomic E-state index is 12.7. The first kappa shape index (κ1) is 21.1. The zero-order valence-electron chi connectivity index (χ0n) is 17.5. The van der Waals surface area contributed by atoms with Crippen molar-refractivity contribution in [3.05, 3.63) is 61.1 Å². The molecule has 0 atom stereocenters. The lowest BCUT2D eigenvalue weighted by Crippen LogP contribution is -2.30. The average Bonchev–Trinajstić information content (AvgIpc) is 3.21. The molecule has 0 radical (unpaired) electrons. The Morgan fingerprint density at radius 1 is 1.06 bits per heavy atom. The van der Waals surface area contributed by atoms with Crippen molar-refractivity contribution in [2.45, 2.75) is 12.4 Å². The zero-order chi connectivity index (χ0) is 23.0. The second kappa shape index (κ2) is 8.28. The van der Waals surface area contributed by atoms with Gasteiger partial charge in [0.25, 0.3) is 0 Å². The minimum atomic E-state index is -4.78. The SMILES string of the molecule is COc1cc(Nc2ccnc3ccc(OC(F)(F)F)cc23)cc(-c2cnn(C3COC3)c2)c1. The highest BCUT2D eigenvalue weighted by molar-refractivity contribution is 5.94. The van der Waals surface area contributed by atoms with Crippen LogP contribution in [0.2, 0.25) is 0 Å². The number of hydrogen-bond acceptors (Lipinski definition) is 6. The summed E-state index contributed by atoms with van der Waals surface area (Å²) in [5, 5.41) is 8.18. The van der Waals surface area contributed by atoms with Crippen molar-refractivity contribution in [2.75, 3.05) is 25.6 Å². The van der Waals surface area contributed by atoms with E-state index in [-0.39, 0.29) is 11.8 Å². The number of anilines is 2. The monoisotopic (exact) mass is 456 g/mol. The van der Waals surface area contributed by atoms with E-state index >= 15 is 0 Å². The van der Waals surface area contributed by atoms with Gasteiger partial charge in [-0.05, 0) is 42.0 Å². The van der Waals surface area contributed by atoms with Gasteiger partial charge in [0, 0.05) is 40.8 Å². The van der Waals surface area contributed by atoms with Crippen LogP contribution in [0.3, 0.4) is 0 Å². The van der Waals surface area contributed by atoms with Crippen LogP contribution in [0.4, 0.5) is 24.5 Å². The number of nitrogens with one attached hydrogen (secondary N) is 1. The summed E-state index contributed by atoms with van der Waals surface area (Å²) < 4.78 is 54.7. The highest BCUT2D eigenvalue weighted by Gasteiger charge is 2.31. The van der Waals surface area contributed by atoms with Gasteiger partial charge in [-0.1, -0.05) is 0 Å². The molecule has 0 amide bonds. The Morgan fingerprint density at radius 2 is 1.91 bits per heavy atom. The standard InChI is InChI=1S/C23H19F3N4O3/c1-31-19-7-14(15-10-28-30(11-15)17-12-32-13-17)6-16(8-19)29-22-4-5-27-21-3-2-18(9-20(21)22)33-23(24,25)26/h2-11,17H,12-13H2,1H3,(H,27,29). The van der Waals surface area contributed by atoms with Crippen LogP contribution in [0.15, 0.2) is 61.1 Å². The number of nitrogens with zero attached hydrogens (tertiary/aromatic N) is 3. The maximum atomic E-state index is 12.7. The first-order valence-corrected chi connectivity index (χ1v) is 10.1. The Labute approximate surface area is 186 Å². The number of pyridine rings is 1. The van der Waals surface area contributed by atoms with Crippen LogP contribution >= 0.6 is 0 Å². The largest absolute Gasteiger partial charge is 0.573 e. The van der Waals surface area contributed by atoms with Gasteiger partial charge < -0.3 is 19.5 Å². The maximum Gasteiger partial charge on any atom is 0.573 e. The summed E-state index contributed by atoms with van der Waals surface area (Å²) in [4.78, 5) is 4.23. The Hall–Kier alpha value is -3.79. The fourth-order valence-electron chi connectivity index (χ4n) is 3.61. The molecule has 0 saturated carbocycles. The highest BCUT2D eigenvalue weighted by atomic mass is 19.4. The van der Waals surface area contributed by atoms with Gasteiger partial charge in [-0.15, -0.1) is 13.2 Å². The van der Waals surface area contributed by atoms with Gasteiger partial charge in [0.15, 0.2) is 0 Å². The minimum absolute atomic E-state index is 0.234. The van der Waals surface area contributed by atoms with Crippen molar-refractivity contribution in [1.82, 2.24) is 14.8 Å². The lowest BCUT2D eigenvalue weighted by atomic mass is 10.1. The van der Waals surface area contributed by atoms with E-state index in [4.69, 9.17) is 9.47 Å². The summed E-state index contributed by atoms with van der Waals surface area (Å²) in [7, 11) is 1.57. The van der Waals surface area contributed by atoms with Gasteiger partial charge in [-0.2, -0.15) is 5.10 Å². The lowest BCUT2D eigenvalue weighted by molar-refractivity contribution is -0.274. The molecule has 0 unspecified atom stereocenters. The Morgan fingerprint density at radius 3 is 2.64 bits per heavy atom. The number of benzene rings is 2. The average molecular weight is 456 g/mol. The van der Waals surface area contributed by atoms with Crippen LogP contribution in [0.1, 0.15) is 6.04 Å². The smallest absolute Gasteiger partial charge is 0.497 e. The summed E-state index contributed by atoms with van der Waals surface area (Å²) >= 11 is 0. The molecule has 10 heteroatoms. The van der Waals surface area contributed by atoms with E-state index in [1.807, 2.05) is 23.0 Å². The third-order valence-electron chi connectivity index (χ3n) is 5.30. The fraction of sp³-hybridized carbons (Fsp3) is 0.217. The first-order valence-electron chi connectivity index (χ1n) is 10.1. The summed E-state index contributed by atoms with van der Waals surface area (Å²) in [6.45, 7) is 1.28. The summed E-state index contributed by atoms with van der Waals surface area (Å²) in [5.41, 5.74) is 3.58. The number of alkyl halides is 3. The van der Waals surface area contributed by atoms with Crippen LogP contribution in [0.5, 0.6) is 11.5 Å². The highest BCUT2D eigenvalue weighted by Crippen LogP contribution is 2.34. The molecule has 2 aromatic heterocycles. The fourth-order valence-corrected chi connectivity index (χ4v) is 3.61. The quantitative estimate of drug-likeness (QED) is 0.424. The van der Waals surface area contributed by atoms with Gasteiger partial charge in [-0.25, -0.2) is 0 Å². The molecule has 1 saturated heterocycles. The van der Waals surface area contributed by atoms with Crippen molar-refractivity contribution in [3.8, 4) is 22.6 Å². The molecule has 7 nitrogen and oxygen atoms in total. The molecule has 0 aliphatic carbocycles. The van der Waals surface area contributed by atoms with Crippen LogP contribution in [-0.2, 0) is 4.74 Å². The van der Waals surface area contributed by atoms with Gasteiger partial charge in [-0.3, -0.25) is 9.67 Å². The first-order chi connectivity index (χ1) is 15.9. The van der Waals surface area contributed by atoms with Gasteiger partial charge >= 0.3 is 6.36 Å². The van der Waals surface area contributed by atoms with E-state index < -0.39 is 6.36 Å². The number of fused-ring (bicyclic) bond motifs is 1. The molecule has 3 heterocycles. The van der Waals surface area contributed by atoms with Crippen molar-refractivity contribution in [1.29, 1.82) is 0 Å². The molecule has 1 fully saturated rings. The molecule has 1 aliphatic heterocycles. The van der Waals surface area contributed by atoms with Crippen molar-refractivity contribution < 1.29 is 27.4 Å². The van der Waals surface area contributed by atoms with Crippen molar-refractivity contribution >= 4 is 22.3 Å². The van der Waals surface area contributed by atoms with Gasteiger partial charge in [0.2, 0.25) is 0 Å². The number of ether oxygens (including phenoxy) is 3. The van der Waals surface area contributed by atoms with Crippen molar-refractivity contribution in [3.63, 3.8) is 0 Å². The molecule has 0 bridgehead atoms. The Kier molecular flexibility index (Phi) is 5.29.